The molecule has 1 heterocycles. The van der Waals surface area contributed by atoms with E-state index in [4.69, 9.17) is 4.52 Å². The number of rotatable bonds is 5. The van der Waals surface area contributed by atoms with Gasteiger partial charge in [-0.1, -0.05) is 30.8 Å². The van der Waals surface area contributed by atoms with E-state index in [-0.39, 0.29) is 5.91 Å². The number of nitrogens with one attached hydrogen (secondary N) is 2. The van der Waals surface area contributed by atoms with Gasteiger partial charge in [-0.15, -0.1) is 0 Å². The SMILES string of the molecule is O=C(CNCc1ccon1)NC1CCCCCC1. The Kier molecular flexibility index (Phi) is 5.20. The lowest BCUT2D eigenvalue weighted by atomic mass is 10.1. The molecule has 1 aromatic heterocycles. The molecule has 5 nitrogen and oxygen atoms in total. The maximum Gasteiger partial charge on any atom is 0.234 e. The predicted octanol–water partition coefficient (Wildman–Crippen LogP) is 1.60. The highest BCUT2D eigenvalue weighted by molar-refractivity contribution is 5.78. The molecule has 1 aromatic rings. The molecule has 0 saturated heterocycles. The smallest absolute Gasteiger partial charge is 0.234 e. The van der Waals surface area contributed by atoms with Crippen LogP contribution in [0, 0.1) is 0 Å². The number of amides is 1. The van der Waals surface area contributed by atoms with E-state index in [1.165, 1.54) is 31.9 Å². The van der Waals surface area contributed by atoms with Crippen molar-refractivity contribution in [2.24, 2.45) is 0 Å². The predicted molar refractivity (Wildman–Crippen MR) is 67.8 cm³/mol. The monoisotopic (exact) mass is 251 g/mol. The first kappa shape index (κ1) is 13.1. The van der Waals surface area contributed by atoms with E-state index in [9.17, 15) is 4.79 Å². The van der Waals surface area contributed by atoms with Gasteiger partial charge in [0.05, 0.1) is 12.2 Å². The highest BCUT2D eigenvalue weighted by Gasteiger charge is 2.14. The van der Waals surface area contributed by atoms with E-state index >= 15 is 0 Å². The van der Waals surface area contributed by atoms with E-state index in [0.29, 0.717) is 19.1 Å². The van der Waals surface area contributed by atoms with Crippen LogP contribution in [0.15, 0.2) is 16.9 Å². The molecular formula is C13H21N3O2. The number of hydrogen-bond acceptors (Lipinski definition) is 4. The van der Waals surface area contributed by atoms with Crippen LogP contribution in [0.2, 0.25) is 0 Å². The van der Waals surface area contributed by atoms with Crippen LogP contribution in [-0.4, -0.2) is 23.7 Å². The summed E-state index contributed by atoms with van der Waals surface area (Å²) in [6, 6.07) is 2.16. The maximum absolute atomic E-state index is 11.7. The summed E-state index contributed by atoms with van der Waals surface area (Å²) in [5.41, 5.74) is 0.817. The Morgan fingerprint density at radius 1 is 1.33 bits per heavy atom. The van der Waals surface area contributed by atoms with Crippen LogP contribution in [0.3, 0.4) is 0 Å². The largest absolute Gasteiger partial charge is 0.364 e. The number of hydrogen-bond donors (Lipinski definition) is 2. The van der Waals surface area contributed by atoms with Gasteiger partial charge in [0.1, 0.15) is 6.26 Å². The van der Waals surface area contributed by atoms with Crippen LogP contribution < -0.4 is 10.6 Å². The molecule has 0 radical (unpaired) electrons. The number of nitrogens with zero attached hydrogens (tertiary/aromatic N) is 1. The molecule has 0 aliphatic heterocycles. The molecule has 0 spiro atoms. The average molecular weight is 251 g/mol. The molecule has 1 aliphatic carbocycles. The first-order chi connectivity index (χ1) is 8.84. The topological polar surface area (TPSA) is 67.2 Å². The second-order valence-corrected chi connectivity index (χ2v) is 4.85. The number of carbonyl (C=O) groups excluding carboxylic acids is 1. The third-order valence-electron chi connectivity index (χ3n) is 3.30. The third-order valence-corrected chi connectivity index (χ3v) is 3.30. The molecule has 1 amide bonds. The summed E-state index contributed by atoms with van der Waals surface area (Å²) in [4.78, 5) is 11.7. The zero-order valence-corrected chi connectivity index (χ0v) is 10.7. The maximum atomic E-state index is 11.7. The van der Waals surface area contributed by atoms with E-state index in [0.717, 1.165) is 18.5 Å². The minimum Gasteiger partial charge on any atom is -0.364 e. The Bertz CT molecular complexity index is 343. The van der Waals surface area contributed by atoms with Crippen LogP contribution in [0.1, 0.15) is 44.2 Å². The van der Waals surface area contributed by atoms with Crippen LogP contribution in [0.5, 0.6) is 0 Å². The number of carbonyl (C=O) groups is 1. The van der Waals surface area contributed by atoms with Crippen molar-refractivity contribution in [1.29, 1.82) is 0 Å². The van der Waals surface area contributed by atoms with Gasteiger partial charge in [0.2, 0.25) is 5.91 Å². The summed E-state index contributed by atoms with van der Waals surface area (Å²) in [5.74, 6) is 0.0744. The molecule has 2 N–H and O–H groups in total. The molecule has 5 heteroatoms. The van der Waals surface area contributed by atoms with Crippen molar-refractivity contribution >= 4 is 5.91 Å². The van der Waals surface area contributed by atoms with Crippen molar-refractivity contribution in [1.82, 2.24) is 15.8 Å². The Labute approximate surface area is 107 Å². The fourth-order valence-electron chi connectivity index (χ4n) is 2.34. The molecule has 2 rings (SSSR count). The first-order valence-electron chi connectivity index (χ1n) is 6.74. The normalized spacial score (nSPS) is 17.3. The van der Waals surface area contributed by atoms with Crippen molar-refractivity contribution in [3.8, 4) is 0 Å². The lowest BCUT2D eigenvalue weighted by Crippen LogP contribution is -2.40. The summed E-state index contributed by atoms with van der Waals surface area (Å²) in [6.07, 6.45) is 8.84. The fraction of sp³-hybridized carbons (Fsp3) is 0.692. The van der Waals surface area contributed by atoms with Gasteiger partial charge in [-0.3, -0.25) is 4.79 Å². The molecule has 1 aliphatic rings. The van der Waals surface area contributed by atoms with Crippen molar-refractivity contribution < 1.29 is 9.32 Å². The third kappa shape index (κ3) is 4.49. The molecule has 0 aromatic carbocycles. The van der Waals surface area contributed by atoms with Gasteiger partial charge < -0.3 is 15.2 Å². The van der Waals surface area contributed by atoms with Gasteiger partial charge >= 0.3 is 0 Å². The fourth-order valence-corrected chi connectivity index (χ4v) is 2.34. The Balaban J connectivity index is 1.62. The molecule has 1 saturated carbocycles. The highest BCUT2D eigenvalue weighted by Crippen LogP contribution is 2.16. The lowest BCUT2D eigenvalue weighted by molar-refractivity contribution is -0.121. The van der Waals surface area contributed by atoms with Crippen molar-refractivity contribution in [2.45, 2.75) is 51.1 Å². The first-order valence-corrected chi connectivity index (χ1v) is 6.74. The second kappa shape index (κ2) is 7.16. The van der Waals surface area contributed by atoms with Gasteiger partial charge in [0.25, 0.3) is 0 Å². The van der Waals surface area contributed by atoms with E-state index < -0.39 is 0 Å². The summed E-state index contributed by atoms with van der Waals surface area (Å²) < 4.78 is 4.72. The Morgan fingerprint density at radius 2 is 2.11 bits per heavy atom. The van der Waals surface area contributed by atoms with Crippen LogP contribution in [-0.2, 0) is 11.3 Å². The zero-order valence-electron chi connectivity index (χ0n) is 10.7. The molecule has 0 bridgehead atoms. The van der Waals surface area contributed by atoms with Crippen molar-refractivity contribution in [3.63, 3.8) is 0 Å². The minimum atomic E-state index is 0.0744. The van der Waals surface area contributed by atoms with Crippen molar-refractivity contribution in [3.05, 3.63) is 18.0 Å². The molecule has 0 unspecified atom stereocenters. The highest BCUT2D eigenvalue weighted by atomic mass is 16.5. The summed E-state index contributed by atoms with van der Waals surface area (Å²) in [7, 11) is 0. The van der Waals surface area contributed by atoms with Gasteiger partial charge in [-0.05, 0) is 12.8 Å². The van der Waals surface area contributed by atoms with Gasteiger partial charge in [-0.2, -0.15) is 0 Å². The van der Waals surface area contributed by atoms with Gasteiger partial charge in [0, 0.05) is 18.7 Å². The van der Waals surface area contributed by atoms with Crippen LogP contribution in [0.4, 0.5) is 0 Å². The molecule has 1 fully saturated rings. The minimum absolute atomic E-state index is 0.0744. The van der Waals surface area contributed by atoms with Crippen LogP contribution >= 0.6 is 0 Å². The zero-order chi connectivity index (χ0) is 12.6. The average Bonchev–Trinajstić information content (AvgIpc) is 2.74. The molecule has 0 atom stereocenters. The summed E-state index contributed by atoms with van der Waals surface area (Å²) >= 11 is 0. The van der Waals surface area contributed by atoms with Gasteiger partial charge in [0.15, 0.2) is 0 Å². The molecule has 18 heavy (non-hydrogen) atoms. The second-order valence-electron chi connectivity index (χ2n) is 4.85. The quantitative estimate of drug-likeness (QED) is 0.780. The Hall–Kier alpha value is -1.36. The van der Waals surface area contributed by atoms with Crippen molar-refractivity contribution in [2.75, 3.05) is 6.54 Å². The van der Waals surface area contributed by atoms with E-state index in [1.54, 1.807) is 6.07 Å². The van der Waals surface area contributed by atoms with Gasteiger partial charge in [-0.25, -0.2) is 0 Å². The van der Waals surface area contributed by atoms with E-state index in [2.05, 4.69) is 15.8 Å². The lowest BCUT2D eigenvalue weighted by Gasteiger charge is -2.16. The Morgan fingerprint density at radius 3 is 2.78 bits per heavy atom. The van der Waals surface area contributed by atoms with Crippen LogP contribution in [0.25, 0.3) is 0 Å². The summed E-state index contributed by atoms with van der Waals surface area (Å²) in [5, 5.41) is 9.92. The standard InChI is InChI=1S/C13H21N3O2/c17-13(10-14-9-12-7-8-18-16-12)15-11-5-3-1-2-4-6-11/h7-8,11,14H,1-6,9-10H2,(H,15,17). The number of aromatic nitrogens is 1. The summed E-state index contributed by atoms with van der Waals surface area (Å²) in [6.45, 7) is 0.901. The molecule has 100 valence electrons. The van der Waals surface area contributed by atoms with E-state index in [1.807, 2.05) is 0 Å². The molecular weight excluding hydrogens is 230 g/mol.